The third-order valence-corrected chi connectivity index (χ3v) is 4.25. The Bertz CT molecular complexity index is 409. The number of aryl methyl sites for hydroxylation is 1. The zero-order chi connectivity index (χ0) is 14.5. The average Bonchev–Trinajstić information content (AvgIpc) is 2.75. The molecule has 2 rings (SSSR count). The second kappa shape index (κ2) is 7.01. The number of hydrogen-bond acceptors (Lipinski definition) is 3. The van der Waals surface area contributed by atoms with E-state index in [1.165, 1.54) is 5.56 Å². The van der Waals surface area contributed by atoms with Gasteiger partial charge in [0.2, 0.25) is 0 Å². The zero-order valence-corrected chi connectivity index (χ0v) is 13.5. The Kier molecular flexibility index (Phi) is 5.95. The van der Waals surface area contributed by atoms with Crippen molar-refractivity contribution in [3.8, 4) is 0 Å². The van der Waals surface area contributed by atoms with Gasteiger partial charge in [0.1, 0.15) is 0 Å². The molecule has 1 aliphatic rings. The molecule has 1 aromatic rings. The Morgan fingerprint density at radius 2 is 1.89 bits per heavy atom. The van der Waals surface area contributed by atoms with Crippen LogP contribution >= 0.6 is 11.8 Å². The van der Waals surface area contributed by atoms with Crippen LogP contribution in [-0.4, -0.2) is 16.7 Å². The molecule has 1 aliphatic heterocycles. The van der Waals surface area contributed by atoms with Gasteiger partial charge in [0.25, 0.3) is 0 Å². The lowest BCUT2D eigenvalue weighted by molar-refractivity contribution is 0.532. The molecule has 2 N–H and O–H groups in total. The van der Waals surface area contributed by atoms with E-state index in [1.807, 2.05) is 25.6 Å². The molecule has 0 saturated carbocycles. The number of nitrogens with one attached hydrogen (secondary N) is 2. The Hall–Kier alpha value is -0.930. The molecule has 2 nitrogen and oxygen atoms in total. The Balaban J connectivity index is 0.000000861. The largest absolute Gasteiger partial charge is 0.358 e. The number of hydrogen-bond donors (Lipinski definition) is 2. The minimum Gasteiger partial charge on any atom is -0.358 e. The summed E-state index contributed by atoms with van der Waals surface area (Å²) in [5, 5.41) is 6.94. The van der Waals surface area contributed by atoms with Crippen LogP contribution in [0.4, 0.5) is 5.69 Å². The molecule has 0 aliphatic carbocycles. The van der Waals surface area contributed by atoms with Gasteiger partial charge in [-0.3, -0.25) is 5.32 Å². The first-order chi connectivity index (χ1) is 8.96. The summed E-state index contributed by atoms with van der Waals surface area (Å²) in [6.07, 6.45) is 0. The fourth-order valence-electron chi connectivity index (χ4n) is 1.89. The van der Waals surface area contributed by atoms with E-state index >= 15 is 0 Å². The topological polar surface area (TPSA) is 24.1 Å². The molecule has 106 valence electrons. The molecule has 3 heteroatoms. The number of benzene rings is 1. The first-order valence-corrected chi connectivity index (χ1v) is 7.89. The smallest absolute Gasteiger partial charge is 0.0594 e. The van der Waals surface area contributed by atoms with Crippen molar-refractivity contribution >= 4 is 17.4 Å². The van der Waals surface area contributed by atoms with Gasteiger partial charge in [-0.1, -0.05) is 38.1 Å². The van der Waals surface area contributed by atoms with E-state index in [-0.39, 0.29) is 4.87 Å². The van der Waals surface area contributed by atoms with E-state index in [1.54, 1.807) is 0 Å². The quantitative estimate of drug-likeness (QED) is 0.857. The van der Waals surface area contributed by atoms with Crippen molar-refractivity contribution in [2.24, 2.45) is 0 Å². The summed E-state index contributed by atoms with van der Waals surface area (Å²) >= 11 is 1.94. The molecule has 0 aromatic heterocycles. The van der Waals surface area contributed by atoms with E-state index in [2.05, 4.69) is 62.2 Å². The van der Waals surface area contributed by atoms with E-state index in [9.17, 15) is 0 Å². The molecule has 0 spiro atoms. The van der Waals surface area contributed by atoms with Gasteiger partial charge in [-0.2, -0.15) is 0 Å². The fourth-order valence-corrected chi connectivity index (χ4v) is 2.99. The highest BCUT2D eigenvalue weighted by atomic mass is 32.2. The van der Waals surface area contributed by atoms with Crippen LogP contribution in [0.1, 0.15) is 33.3 Å². The van der Waals surface area contributed by atoms with E-state index < -0.39 is 0 Å². The lowest BCUT2D eigenvalue weighted by atomic mass is 10.2. The van der Waals surface area contributed by atoms with Crippen molar-refractivity contribution in [3.63, 3.8) is 0 Å². The average molecular weight is 278 g/mol. The maximum atomic E-state index is 4.13. The van der Waals surface area contributed by atoms with Crippen LogP contribution in [0.2, 0.25) is 0 Å². The van der Waals surface area contributed by atoms with E-state index in [0.29, 0.717) is 6.04 Å². The normalized spacial score (nSPS) is 20.4. The van der Waals surface area contributed by atoms with Gasteiger partial charge in [-0.25, -0.2) is 0 Å². The van der Waals surface area contributed by atoms with Crippen LogP contribution < -0.4 is 10.6 Å². The van der Waals surface area contributed by atoms with Crippen LogP contribution in [0.25, 0.3) is 0 Å². The van der Waals surface area contributed by atoms with Gasteiger partial charge in [0, 0.05) is 17.1 Å². The lowest BCUT2D eigenvalue weighted by Gasteiger charge is -2.21. The molecule has 19 heavy (non-hydrogen) atoms. The van der Waals surface area contributed by atoms with E-state index in [0.717, 1.165) is 17.1 Å². The second-order valence-electron chi connectivity index (χ2n) is 5.03. The van der Waals surface area contributed by atoms with Crippen molar-refractivity contribution in [1.82, 2.24) is 5.32 Å². The highest BCUT2D eigenvalue weighted by Crippen LogP contribution is 2.31. The molecule has 0 unspecified atom stereocenters. The molecule has 0 bridgehead atoms. The first kappa shape index (κ1) is 16.1. The summed E-state index contributed by atoms with van der Waals surface area (Å²) in [6, 6.07) is 8.74. The van der Waals surface area contributed by atoms with Crippen LogP contribution in [-0.2, 0) is 0 Å². The summed E-state index contributed by atoms with van der Waals surface area (Å²) in [5.41, 5.74) is 3.43. The summed E-state index contributed by atoms with van der Waals surface area (Å²) in [5.74, 6) is 1.07. The number of thioether (sulfide) groups is 1. The first-order valence-electron chi connectivity index (χ1n) is 6.90. The zero-order valence-electron chi connectivity index (χ0n) is 12.7. The van der Waals surface area contributed by atoms with Gasteiger partial charge >= 0.3 is 0 Å². The number of rotatable bonds is 3. The lowest BCUT2D eigenvalue weighted by Crippen LogP contribution is -2.38. The minimum atomic E-state index is 0.155. The van der Waals surface area contributed by atoms with Crippen molar-refractivity contribution in [3.05, 3.63) is 42.1 Å². The predicted octanol–water partition coefficient (Wildman–Crippen LogP) is 4.39. The molecule has 1 atom stereocenters. The summed E-state index contributed by atoms with van der Waals surface area (Å²) in [4.78, 5) is 0.155. The maximum Gasteiger partial charge on any atom is 0.0594 e. The Labute approximate surface area is 122 Å². The van der Waals surface area contributed by atoms with Crippen molar-refractivity contribution in [1.29, 1.82) is 0 Å². The molecular weight excluding hydrogens is 252 g/mol. The Morgan fingerprint density at radius 3 is 2.37 bits per heavy atom. The fraction of sp³-hybridized carbons (Fsp3) is 0.500. The van der Waals surface area contributed by atoms with Gasteiger partial charge in [0.15, 0.2) is 0 Å². The minimum absolute atomic E-state index is 0.155. The van der Waals surface area contributed by atoms with Gasteiger partial charge in [-0.15, -0.1) is 11.8 Å². The van der Waals surface area contributed by atoms with Crippen LogP contribution in [0.15, 0.2) is 36.5 Å². The van der Waals surface area contributed by atoms with Gasteiger partial charge < -0.3 is 5.32 Å². The number of anilines is 1. The monoisotopic (exact) mass is 278 g/mol. The molecule has 0 amide bonds. The van der Waals surface area contributed by atoms with Crippen LogP contribution in [0.3, 0.4) is 0 Å². The predicted molar refractivity (Wildman–Crippen MR) is 88.8 cm³/mol. The molecular formula is C16H26N2S. The second-order valence-corrected chi connectivity index (χ2v) is 6.68. The third-order valence-electron chi connectivity index (χ3n) is 2.91. The summed E-state index contributed by atoms with van der Waals surface area (Å²) in [6.45, 7) is 14.6. The summed E-state index contributed by atoms with van der Waals surface area (Å²) < 4.78 is 0. The van der Waals surface area contributed by atoms with Crippen LogP contribution in [0.5, 0.6) is 0 Å². The molecule has 1 aromatic carbocycles. The Morgan fingerprint density at radius 1 is 1.32 bits per heavy atom. The standard InChI is InChI=1S/C14H20N2S.C2H6/c1-10-5-7-12(8-6-10)15-11(2)13-9-17-14(3,4)16-13;1-2/h5-8,13,15-16H,2,9H2,1,3-4H3;1-2H3/t13-;/m1./s1. The third kappa shape index (κ3) is 4.92. The maximum absolute atomic E-state index is 4.13. The van der Waals surface area contributed by atoms with Gasteiger partial charge in [-0.05, 0) is 32.9 Å². The van der Waals surface area contributed by atoms with Gasteiger partial charge in [0.05, 0.1) is 10.9 Å². The highest BCUT2D eigenvalue weighted by molar-refractivity contribution is 8.00. The summed E-state index contributed by atoms with van der Waals surface area (Å²) in [7, 11) is 0. The highest BCUT2D eigenvalue weighted by Gasteiger charge is 2.31. The van der Waals surface area contributed by atoms with Crippen molar-refractivity contribution in [2.75, 3.05) is 11.1 Å². The molecule has 1 heterocycles. The van der Waals surface area contributed by atoms with E-state index in [4.69, 9.17) is 0 Å². The van der Waals surface area contributed by atoms with Crippen molar-refractivity contribution < 1.29 is 0 Å². The van der Waals surface area contributed by atoms with Crippen molar-refractivity contribution in [2.45, 2.75) is 45.5 Å². The molecule has 0 radical (unpaired) electrons. The SMILES string of the molecule is C=C(Nc1ccc(C)cc1)[C@H]1CSC(C)(C)N1.CC. The molecule has 1 fully saturated rings. The van der Waals surface area contributed by atoms with Crippen LogP contribution in [0, 0.1) is 6.92 Å². The molecule has 1 saturated heterocycles.